The van der Waals surface area contributed by atoms with Crippen LogP contribution in [0, 0.1) is 0 Å². The van der Waals surface area contributed by atoms with Crippen LogP contribution in [0.25, 0.3) is 0 Å². The Kier molecular flexibility index (Phi) is 2.75. The van der Waals surface area contributed by atoms with Crippen LogP contribution in [0.5, 0.6) is 0 Å². The first kappa shape index (κ1) is 8.09. The maximum absolute atomic E-state index is 5.99. The first-order chi connectivity index (χ1) is 4.74. The molecule has 1 nitrogen and oxygen atoms in total. The van der Waals surface area contributed by atoms with E-state index in [1.165, 1.54) is 5.57 Å². The molecule has 0 spiro atoms. The van der Waals surface area contributed by atoms with Crippen molar-refractivity contribution in [1.82, 2.24) is 0 Å². The van der Waals surface area contributed by atoms with Crippen LogP contribution in [0.15, 0.2) is 12.2 Å². The van der Waals surface area contributed by atoms with Gasteiger partial charge in [-0.05, 0) is 19.3 Å². The molecular weight excluding hydrogens is 148 g/mol. The van der Waals surface area contributed by atoms with Crippen LogP contribution in [0.1, 0.15) is 19.3 Å². The fraction of sp³-hybridized carbons (Fsp3) is 0.750. The highest BCUT2D eigenvalue weighted by Crippen LogP contribution is 2.27. The van der Waals surface area contributed by atoms with Gasteiger partial charge in [-0.2, -0.15) is 0 Å². The van der Waals surface area contributed by atoms with E-state index in [2.05, 4.69) is 6.58 Å². The van der Waals surface area contributed by atoms with Crippen molar-refractivity contribution in [3.8, 4) is 0 Å². The number of hydrogen-bond donors (Lipinski definition) is 0. The molecule has 0 aromatic rings. The SMILES string of the molecule is C=C1CCC(OC)C(Cl)C1. The zero-order chi connectivity index (χ0) is 7.56. The second-order valence-electron chi connectivity index (χ2n) is 2.78. The minimum absolute atomic E-state index is 0.145. The van der Waals surface area contributed by atoms with Crippen LogP contribution in [0.4, 0.5) is 0 Å². The average Bonchev–Trinajstić information content (AvgIpc) is 1.88. The second-order valence-corrected chi connectivity index (χ2v) is 3.34. The molecule has 0 bridgehead atoms. The molecule has 0 radical (unpaired) electrons. The van der Waals surface area contributed by atoms with Crippen LogP contribution >= 0.6 is 11.6 Å². The molecule has 1 saturated carbocycles. The Morgan fingerprint density at radius 2 is 2.40 bits per heavy atom. The second kappa shape index (κ2) is 3.40. The van der Waals surface area contributed by atoms with E-state index in [9.17, 15) is 0 Å². The summed E-state index contributed by atoms with van der Waals surface area (Å²) in [4.78, 5) is 0. The van der Waals surface area contributed by atoms with Gasteiger partial charge >= 0.3 is 0 Å². The normalized spacial score (nSPS) is 34.4. The van der Waals surface area contributed by atoms with Gasteiger partial charge in [0.05, 0.1) is 11.5 Å². The van der Waals surface area contributed by atoms with Gasteiger partial charge < -0.3 is 4.74 Å². The summed E-state index contributed by atoms with van der Waals surface area (Å²) in [7, 11) is 1.72. The van der Waals surface area contributed by atoms with E-state index < -0.39 is 0 Å². The van der Waals surface area contributed by atoms with Crippen LogP contribution in [-0.4, -0.2) is 18.6 Å². The lowest BCUT2D eigenvalue weighted by Crippen LogP contribution is -2.27. The fourth-order valence-electron chi connectivity index (χ4n) is 1.30. The molecule has 2 heteroatoms. The smallest absolute Gasteiger partial charge is 0.0741 e. The Balaban J connectivity index is 2.43. The molecule has 0 heterocycles. The lowest BCUT2D eigenvalue weighted by molar-refractivity contribution is 0.0835. The number of alkyl halides is 1. The van der Waals surface area contributed by atoms with E-state index in [1.54, 1.807) is 7.11 Å². The summed E-state index contributed by atoms with van der Waals surface area (Å²) in [6, 6.07) is 0. The van der Waals surface area contributed by atoms with Gasteiger partial charge in [-0.15, -0.1) is 11.6 Å². The fourth-order valence-corrected chi connectivity index (χ4v) is 1.75. The van der Waals surface area contributed by atoms with Crippen LogP contribution in [-0.2, 0) is 4.74 Å². The van der Waals surface area contributed by atoms with E-state index >= 15 is 0 Å². The first-order valence-electron chi connectivity index (χ1n) is 3.57. The van der Waals surface area contributed by atoms with Crippen LogP contribution in [0.3, 0.4) is 0 Å². The van der Waals surface area contributed by atoms with Gasteiger partial charge in [0.25, 0.3) is 0 Å². The van der Waals surface area contributed by atoms with Crippen molar-refractivity contribution in [2.45, 2.75) is 30.7 Å². The Hall–Kier alpha value is -0.0100. The van der Waals surface area contributed by atoms with Gasteiger partial charge in [-0.1, -0.05) is 12.2 Å². The number of allylic oxidation sites excluding steroid dienone is 1. The Morgan fingerprint density at radius 1 is 1.70 bits per heavy atom. The number of halogens is 1. The number of rotatable bonds is 1. The van der Waals surface area contributed by atoms with Crippen molar-refractivity contribution < 1.29 is 4.74 Å². The topological polar surface area (TPSA) is 9.23 Å². The highest BCUT2D eigenvalue weighted by molar-refractivity contribution is 6.21. The van der Waals surface area contributed by atoms with Gasteiger partial charge in [-0.3, -0.25) is 0 Å². The highest BCUT2D eigenvalue weighted by atomic mass is 35.5. The summed E-state index contributed by atoms with van der Waals surface area (Å²) in [5.74, 6) is 0. The first-order valence-corrected chi connectivity index (χ1v) is 4.01. The van der Waals surface area contributed by atoms with Gasteiger partial charge in [0.2, 0.25) is 0 Å². The molecule has 2 atom stereocenters. The standard InChI is InChI=1S/C8H13ClO/c1-6-3-4-8(10-2)7(9)5-6/h7-8H,1,3-5H2,2H3. The zero-order valence-electron chi connectivity index (χ0n) is 6.27. The van der Waals surface area contributed by atoms with Crippen molar-refractivity contribution >= 4 is 11.6 Å². The van der Waals surface area contributed by atoms with Crippen molar-refractivity contribution in [3.63, 3.8) is 0 Å². The molecule has 10 heavy (non-hydrogen) atoms. The molecule has 1 rings (SSSR count). The third-order valence-corrected chi connectivity index (χ3v) is 2.41. The lowest BCUT2D eigenvalue weighted by atomic mass is 9.93. The summed E-state index contributed by atoms with van der Waals surface area (Å²) in [5.41, 5.74) is 1.26. The lowest BCUT2D eigenvalue weighted by Gasteiger charge is -2.26. The highest BCUT2D eigenvalue weighted by Gasteiger charge is 2.24. The van der Waals surface area contributed by atoms with Crippen molar-refractivity contribution in [3.05, 3.63) is 12.2 Å². The van der Waals surface area contributed by atoms with E-state index in [4.69, 9.17) is 16.3 Å². The Morgan fingerprint density at radius 3 is 2.90 bits per heavy atom. The molecule has 1 fully saturated rings. The largest absolute Gasteiger partial charge is 0.380 e. The van der Waals surface area contributed by atoms with Gasteiger partial charge in [-0.25, -0.2) is 0 Å². The third kappa shape index (κ3) is 1.74. The summed E-state index contributed by atoms with van der Waals surface area (Å²) >= 11 is 5.99. The minimum Gasteiger partial charge on any atom is -0.380 e. The molecule has 0 aliphatic heterocycles. The average molecular weight is 161 g/mol. The zero-order valence-corrected chi connectivity index (χ0v) is 7.03. The summed E-state index contributed by atoms with van der Waals surface area (Å²) in [5, 5.41) is 0.145. The summed E-state index contributed by atoms with van der Waals surface area (Å²) < 4.78 is 5.18. The van der Waals surface area contributed by atoms with E-state index in [0.717, 1.165) is 19.3 Å². The molecule has 1 aliphatic rings. The van der Waals surface area contributed by atoms with E-state index in [0.29, 0.717) is 0 Å². The van der Waals surface area contributed by atoms with Gasteiger partial charge in [0.1, 0.15) is 0 Å². The maximum Gasteiger partial charge on any atom is 0.0741 e. The molecule has 0 N–H and O–H groups in total. The van der Waals surface area contributed by atoms with E-state index in [-0.39, 0.29) is 11.5 Å². The van der Waals surface area contributed by atoms with Crippen LogP contribution < -0.4 is 0 Å². The molecule has 0 aromatic carbocycles. The number of methoxy groups -OCH3 is 1. The molecule has 0 amide bonds. The molecule has 2 unspecified atom stereocenters. The maximum atomic E-state index is 5.99. The molecule has 0 aromatic heterocycles. The molecule has 0 saturated heterocycles. The van der Waals surface area contributed by atoms with Crippen LogP contribution in [0.2, 0.25) is 0 Å². The quantitative estimate of drug-likeness (QED) is 0.423. The minimum atomic E-state index is 0.145. The monoisotopic (exact) mass is 160 g/mol. The van der Waals surface area contributed by atoms with Crippen molar-refractivity contribution in [2.24, 2.45) is 0 Å². The number of ether oxygens (including phenoxy) is 1. The van der Waals surface area contributed by atoms with Crippen molar-refractivity contribution in [2.75, 3.05) is 7.11 Å². The summed E-state index contributed by atoms with van der Waals surface area (Å²) in [6.45, 7) is 3.89. The van der Waals surface area contributed by atoms with Crippen molar-refractivity contribution in [1.29, 1.82) is 0 Å². The van der Waals surface area contributed by atoms with Gasteiger partial charge in [0, 0.05) is 7.11 Å². The Bertz CT molecular complexity index is 133. The molecular formula is C8H13ClO. The summed E-state index contributed by atoms with van der Waals surface area (Å²) in [6.07, 6.45) is 3.26. The number of hydrogen-bond acceptors (Lipinski definition) is 1. The van der Waals surface area contributed by atoms with Gasteiger partial charge in [0.15, 0.2) is 0 Å². The predicted octanol–water partition coefficient (Wildman–Crippen LogP) is 2.35. The molecule has 1 aliphatic carbocycles. The molecule has 58 valence electrons. The van der Waals surface area contributed by atoms with E-state index in [1.807, 2.05) is 0 Å². The third-order valence-electron chi connectivity index (χ3n) is 1.97. The Labute approximate surface area is 67.0 Å². The predicted molar refractivity (Wildman–Crippen MR) is 43.4 cm³/mol.